The fourth-order valence-corrected chi connectivity index (χ4v) is 1.37. The highest BCUT2D eigenvalue weighted by Crippen LogP contribution is 1.88. The molecule has 0 aliphatic rings. The van der Waals surface area contributed by atoms with E-state index >= 15 is 0 Å². The Morgan fingerprint density at radius 1 is 1.40 bits per heavy atom. The number of thiocarbonyl (C=S) groups is 1. The summed E-state index contributed by atoms with van der Waals surface area (Å²) in [6.07, 6.45) is 0. The van der Waals surface area contributed by atoms with Gasteiger partial charge in [-0.1, -0.05) is 0 Å². The largest absolute Gasteiger partial charge is 0.395 e. The molecule has 0 saturated carbocycles. The normalized spacial score (nSPS) is 9.53. The van der Waals surface area contributed by atoms with Crippen LogP contribution in [0.1, 0.15) is 13.8 Å². The average molecular weight is 233 g/mol. The number of nitrogens with one attached hydrogen (secondary N) is 2. The van der Waals surface area contributed by atoms with Crippen molar-refractivity contribution < 1.29 is 9.90 Å². The van der Waals surface area contributed by atoms with Crippen molar-refractivity contribution in [3.63, 3.8) is 0 Å². The minimum Gasteiger partial charge on any atom is -0.395 e. The third-order valence-electron chi connectivity index (χ3n) is 1.81. The van der Waals surface area contributed by atoms with Crippen LogP contribution in [0.3, 0.4) is 0 Å². The third kappa shape index (κ3) is 7.10. The number of aliphatic hydroxyl groups is 1. The second kappa shape index (κ2) is 8.43. The van der Waals surface area contributed by atoms with E-state index in [1.807, 2.05) is 11.8 Å². The van der Waals surface area contributed by atoms with Crippen LogP contribution in [0.25, 0.3) is 0 Å². The van der Waals surface area contributed by atoms with Gasteiger partial charge in [0.1, 0.15) is 0 Å². The quantitative estimate of drug-likeness (QED) is 0.419. The highest BCUT2D eigenvalue weighted by atomic mass is 32.1. The molecule has 0 spiro atoms. The lowest BCUT2D eigenvalue weighted by atomic mass is 10.5. The molecule has 0 heterocycles. The Balaban J connectivity index is 3.66. The zero-order valence-corrected chi connectivity index (χ0v) is 10.1. The van der Waals surface area contributed by atoms with Gasteiger partial charge < -0.3 is 20.6 Å². The number of carbonyl (C=O) groups excluding carboxylic acids is 1. The summed E-state index contributed by atoms with van der Waals surface area (Å²) in [4.78, 5) is 12.4. The Kier molecular flexibility index (Phi) is 7.94. The zero-order valence-electron chi connectivity index (χ0n) is 9.25. The van der Waals surface area contributed by atoms with E-state index in [-0.39, 0.29) is 12.5 Å². The fourth-order valence-electron chi connectivity index (χ4n) is 1.04. The summed E-state index contributed by atoms with van der Waals surface area (Å²) in [5.74, 6) is -0.0505. The smallest absolute Gasteiger partial charge is 0.216 e. The van der Waals surface area contributed by atoms with E-state index in [9.17, 15) is 4.79 Å². The van der Waals surface area contributed by atoms with Gasteiger partial charge in [-0.3, -0.25) is 4.79 Å². The fraction of sp³-hybridized carbons (Fsp3) is 0.778. The Morgan fingerprint density at radius 3 is 2.47 bits per heavy atom. The van der Waals surface area contributed by atoms with E-state index in [1.165, 1.54) is 6.92 Å². The molecule has 6 heteroatoms. The Morgan fingerprint density at radius 2 is 2.00 bits per heavy atom. The average Bonchev–Trinajstić information content (AvgIpc) is 2.20. The molecule has 0 aliphatic heterocycles. The van der Waals surface area contributed by atoms with Crippen molar-refractivity contribution in [1.29, 1.82) is 0 Å². The predicted octanol–water partition coefficient (Wildman–Crippen LogP) is -0.689. The van der Waals surface area contributed by atoms with Gasteiger partial charge in [-0.05, 0) is 19.1 Å². The van der Waals surface area contributed by atoms with Crippen LogP contribution in [-0.2, 0) is 4.79 Å². The van der Waals surface area contributed by atoms with Crippen LogP contribution in [0.2, 0.25) is 0 Å². The number of carbonyl (C=O) groups is 1. The molecule has 0 aliphatic carbocycles. The first-order valence-corrected chi connectivity index (χ1v) is 5.40. The third-order valence-corrected chi connectivity index (χ3v) is 2.22. The van der Waals surface area contributed by atoms with E-state index < -0.39 is 0 Å². The van der Waals surface area contributed by atoms with Gasteiger partial charge in [0.15, 0.2) is 5.11 Å². The molecule has 88 valence electrons. The van der Waals surface area contributed by atoms with E-state index in [0.717, 1.165) is 6.54 Å². The van der Waals surface area contributed by atoms with Crippen LogP contribution in [0.5, 0.6) is 0 Å². The number of rotatable bonds is 6. The molecular formula is C9H19N3O2S. The molecule has 0 rings (SSSR count). The molecule has 0 aromatic carbocycles. The molecule has 0 atom stereocenters. The minimum absolute atomic E-state index is 0.0505. The molecule has 5 nitrogen and oxygen atoms in total. The molecule has 0 aromatic heterocycles. The second-order valence-corrected chi connectivity index (χ2v) is 3.40. The molecule has 0 bridgehead atoms. The summed E-state index contributed by atoms with van der Waals surface area (Å²) in [6.45, 7) is 5.96. The van der Waals surface area contributed by atoms with Crippen LogP contribution < -0.4 is 10.6 Å². The van der Waals surface area contributed by atoms with Gasteiger partial charge in [0.2, 0.25) is 5.91 Å². The van der Waals surface area contributed by atoms with Gasteiger partial charge in [0, 0.05) is 33.1 Å². The molecule has 0 fully saturated rings. The standard InChI is InChI=1S/C9H19N3O2S/c1-3-12(6-7-13)9(15)11-5-4-10-8(2)14/h13H,3-7H2,1-2H3,(H,10,14)(H,11,15). The molecule has 1 amide bonds. The van der Waals surface area contributed by atoms with Gasteiger partial charge in [-0.15, -0.1) is 0 Å². The number of hydrogen-bond donors (Lipinski definition) is 3. The lowest BCUT2D eigenvalue weighted by Crippen LogP contribution is -2.43. The molecule has 0 saturated heterocycles. The van der Waals surface area contributed by atoms with Crippen LogP contribution in [0, 0.1) is 0 Å². The molecule has 3 N–H and O–H groups in total. The summed E-state index contributed by atoms with van der Waals surface area (Å²) in [7, 11) is 0. The maximum atomic E-state index is 10.6. The lowest BCUT2D eigenvalue weighted by Gasteiger charge is -2.23. The van der Waals surface area contributed by atoms with Crippen LogP contribution in [0.15, 0.2) is 0 Å². The maximum absolute atomic E-state index is 10.6. The van der Waals surface area contributed by atoms with Crippen molar-refractivity contribution in [3.05, 3.63) is 0 Å². The first-order valence-electron chi connectivity index (χ1n) is 4.99. The van der Waals surface area contributed by atoms with Crippen LogP contribution in [-0.4, -0.2) is 53.8 Å². The van der Waals surface area contributed by atoms with Crippen molar-refractivity contribution in [2.45, 2.75) is 13.8 Å². The van der Waals surface area contributed by atoms with Crippen molar-refractivity contribution in [2.24, 2.45) is 0 Å². The van der Waals surface area contributed by atoms with Crippen molar-refractivity contribution in [2.75, 3.05) is 32.8 Å². The SMILES string of the molecule is CCN(CCO)C(=S)NCCNC(C)=O. The molecular weight excluding hydrogens is 214 g/mol. The molecule has 15 heavy (non-hydrogen) atoms. The van der Waals surface area contributed by atoms with Gasteiger partial charge in [0.25, 0.3) is 0 Å². The molecule has 0 aromatic rings. The van der Waals surface area contributed by atoms with Gasteiger partial charge in [-0.25, -0.2) is 0 Å². The van der Waals surface area contributed by atoms with Gasteiger partial charge in [-0.2, -0.15) is 0 Å². The topological polar surface area (TPSA) is 64.6 Å². The number of likely N-dealkylation sites (N-methyl/N-ethyl adjacent to an activating group) is 1. The molecule has 0 radical (unpaired) electrons. The first kappa shape index (κ1) is 14.1. The van der Waals surface area contributed by atoms with Gasteiger partial charge >= 0.3 is 0 Å². The van der Waals surface area contributed by atoms with Crippen molar-refractivity contribution in [3.8, 4) is 0 Å². The van der Waals surface area contributed by atoms with E-state index in [0.29, 0.717) is 24.7 Å². The summed E-state index contributed by atoms with van der Waals surface area (Å²) >= 11 is 5.11. The van der Waals surface area contributed by atoms with Crippen molar-refractivity contribution in [1.82, 2.24) is 15.5 Å². The lowest BCUT2D eigenvalue weighted by molar-refractivity contribution is -0.118. The first-order chi connectivity index (χ1) is 7.11. The van der Waals surface area contributed by atoms with Crippen LogP contribution >= 0.6 is 12.2 Å². The molecule has 0 unspecified atom stereocenters. The number of hydrogen-bond acceptors (Lipinski definition) is 3. The van der Waals surface area contributed by atoms with Gasteiger partial charge in [0.05, 0.1) is 6.61 Å². The number of nitrogens with zero attached hydrogens (tertiary/aromatic N) is 1. The Hall–Kier alpha value is -0.880. The summed E-state index contributed by atoms with van der Waals surface area (Å²) in [5, 5.41) is 15.0. The maximum Gasteiger partial charge on any atom is 0.216 e. The second-order valence-electron chi connectivity index (χ2n) is 3.02. The monoisotopic (exact) mass is 233 g/mol. The van der Waals surface area contributed by atoms with E-state index in [2.05, 4.69) is 10.6 Å². The summed E-state index contributed by atoms with van der Waals surface area (Å²) < 4.78 is 0. The highest BCUT2D eigenvalue weighted by molar-refractivity contribution is 7.80. The Bertz CT molecular complexity index is 212. The Labute approximate surface area is 95.8 Å². The van der Waals surface area contributed by atoms with Crippen molar-refractivity contribution >= 4 is 23.2 Å². The highest BCUT2D eigenvalue weighted by Gasteiger charge is 2.04. The van der Waals surface area contributed by atoms with E-state index in [4.69, 9.17) is 17.3 Å². The minimum atomic E-state index is -0.0505. The summed E-state index contributed by atoms with van der Waals surface area (Å²) in [5.41, 5.74) is 0. The number of amides is 1. The zero-order chi connectivity index (χ0) is 11.7. The predicted molar refractivity (Wildman–Crippen MR) is 63.6 cm³/mol. The summed E-state index contributed by atoms with van der Waals surface area (Å²) in [6, 6.07) is 0. The van der Waals surface area contributed by atoms with E-state index in [1.54, 1.807) is 0 Å². The number of aliphatic hydroxyl groups excluding tert-OH is 1. The van der Waals surface area contributed by atoms with Crippen LogP contribution in [0.4, 0.5) is 0 Å².